The van der Waals surface area contributed by atoms with Gasteiger partial charge in [0.25, 0.3) is 0 Å². The minimum atomic E-state index is -0.125. The minimum Gasteiger partial charge on any atom is -0.399 e. The Morgan fingerprint density at radius 2 is 1.45 bits per heavy atom. The van der Waals surface area contributed by atoms with Crippen LogP contribution in [0.15, 0.2) is 54.7 Å². The van der Waals surface area contributed by atoms with Crippen molar-refractivity contribution in [3.8, 4) is 0 Å². The number of benzene rings is 2. The molecule has 2 aromatic carbocycles. The molecule has 1 heterocycles. The molecular weight excluding hydrogens is 276 g/mol. The second-order valence-electron chi connectivity index (χ2n) is 4.93. The summed E-state index contributed by atoms with van der Waals surface area (Å²) in [5, 5.41) is 16.5. The van der Waals surface area contributed by atoms with Crippen LogP contribution in [-0.2, 0) is 0 Å². The van der Waals surface area contributed by atoms with Gasteiger partial charge in [0.15, 0.2) is 0 Å². The van der Waals surface area contributed by atoms with E-state index in [0.29, 0.717) is 0 Å². The van der Waals surface area contributed by atoms with Crippen LogP contribution in [0.4, 0.5) is 5.69 Å². The Kier molecular flexibility index (Phi) is 7.75. The number of anilines is 1. The lowest BCUT2D eigenvalue weighted by Crippen LogP contribution is -1.85. The maximum atomic E-state index is 7.62. The molecule has 0 saturated heterocycles. The molecule has 0 aliphatic rings. The van der Waals surface area contributed by atoms with Gasteiger partial charge in [-0.1, -0.05) is 29.3 Å². The highest BCUT2D eigenvalue weighted by atomic mass is 16.3. The van der Waals surface area contributed by atoms with E-state index in [-0.39, 0.29) is 13.2 Å². The highest BCUT2D eigenvalue weighted by Gasteiger charge is 1.91. The lowest BCUT2D eigenvalue weighted by molar-refractivity contribution is 0.186. The number of aromatic amines is 1. The standard InChI is InChI=1S/C9H9N.C7H9N.C2H6O2/c1-7-2-3-9-8(6-7)4-5-10-9;1-6-2-4-7(8)5-3-6;3-1-2-4/h2-6,10H,1H3;2-5H,8H2,1H3;3-4H,1-2H2. The first kappa shape index (κ1) is 17.8. The van der Waals surface area contributed by atoms with Gasteiger partial charge in [0.2, 0.25) is 0 Å². The molecule has 1 aromatic heterocycles. The Morgan fingerprint density at radius 3 is 2.00 bits per heavy atom. The van der Waals surface area contributed by atoms with E-state index in [1.54, 1.807) is 0 Å². The third-order valence-electron chi connectivity index (χ3n) is 2.89. The summed E-state index contributed by atoms with van der Waals surface area (Å²) < 4.78 is 0. The number of nitrogens with two attached hydrogens (primary N) is 1. The minimum absolute atomic E-state index is 0.125. The predicted octanol–water partition coefficient (Wildman–Crippen LogP) is 3.02. The summed E-state index contributed by atoms with van der Waals surface area (Å²) in [5.41, 5.74) is 10.0. The zero-order valence-corrected chi connectivity index (χ0v) is 13.1. The fourth-order valence-electron chi connectivity index (χ4n) is 1.74. The van der Waals surface area contributed by atoms with E-state index in [2.05, 4.69) is 36.2 Å². The summed E-state index contributed by atoms with van der Waals surface area (Å²) >= 11 is 0. The van der Waals surface area contributed by atoms with Crippen LogP contribution in [0.3, 0.4) is 0 Å². The van der Waals surface area contributed by atoms with Gasteiger partial charge >= 0.3 is 0 Å². The topological polar surface area (TPSA) is 82.3 Å². The Bertz CT molecular complexity index is 637. The van der Waals surface area contributed by atoms with Gasteiger partial charge in [-0.15, -0.1) is 0 Å². The molecule has 4 heteroatoms. The summed E-state index contributed by atoms with van der Waals surface area (Å²) in [6.07, 6.45) is 1.96. The molecule has 4 nitrogen and oxygen atoms in total. The lowest BCUT2D eigenvalue weighted by Gasteiger charge is -1.90. The SMILES string of the molecule is Cc1ccc(N)cc1.Cc1ccc2[nH]ccc2c1.OCCO. The molecule has 0 radical (unpaired) electrons. The van der Waals surface area contributed by atoms with Crippen LogP contribution in [0.5, 0.6) is 0 Å². The fourth-order valence-corrected chi connectivity index (χ4v) is 1.74. The van der Waals surface area contributed by atoms with Gasteiger partial charge in [-0.05, 0) is 49.6 Å². The van der Waals surface area contributed by atoms with E-state index in [0.717, 1.165) is 5.69 Å². The van der Waals surface area contributed by atoms with E-state index in [4.69, 9.17) is 15.9 Å². The third-order valence-corrected chi connectivity index (χ3v) is 2.89. The van der Waals surface area contributed by atoms with Crippen molar-refractivity contribution in [1.82, 2.24) is 4.98 Å². The Morgan fingerprint density at radius 1 is 0.864 bits per heavy atom. The van der Waals surface area contributed by atoms with Crippen LogP contribution in [0, 0.1) is 13.8 Å². The highest BCUT2D eigenvalue weighted by Crippen LogP contribution is 2.12. The molecule has 0 spiro atoms. The molecule has 0 atom stereocenters. The number of hydrogen-bond donors (Lipinski definition) is 4. The summed E-state index contributed by atoms with van der Waals surface area (Å²) in [4.78, 5) is 3.15. The predicted molar refractivity (Wildman–Crippen MR) is 92.8 cm³/mol. The first-order valence-electron chi connectivity index (χ1n) is 7.14. The Balaban J connectivity index is 0.000000182. The van der Waals surface area contributed by atoms with Crippen molar-refractivity contribution in [2.75, 3.05) is 18.9 Å². The number of aliphatic hydroxyl groups is 2. The van der Waals surface area contributed by atoms with Crippen LogP contribution >= 0.6 is 0 Å². The van der Waals surface area contributed by atoms with Crippen molar-refractivity contribution in [3.63, 3.8) is 0 Å². The van der Waals surface area contributed by atoms with Crippen molar-refractivity contribution < 1.29 is 10.2 Å². The zero-order valence-electron chi connectivity index (χ0n) is 13.1. The molecule has 0 saturated carbocycles. The second-order valence-corrected chi connectivity index (χ2v) is 4.93. The maximum Gasteiger partial charge on any atom is 0.0662 e. The largest absolute Gasteiger partial charge is 0.399 e. The zero-order chi connectivity index (χ0) is 16.4. The van der Waals surface area contributed by atoms with Gasteiger partial charge in [-0.3, -0.25) is 0 Å². The Labute approximate surface area is 131 Å². The smallest absolute Gasteiger partial charge is 0.0662 e. The van der Waals surface area contributed by atoms with Gasteiger partial charge in [0, 0.05) is 17.4 Å². The molecule has 0 amide bonds. The summed E-state index contributed by atoms with van der Waals surface area (Å²) in [5.74, 6) is 0. The molecule has 0 aliphatic heterocycles. The van der Waals surface area contributed by atoms with Gasteiger partial charge in [0.1, 0.15) is 0 Å². The second kappa shape index (κ2) is 9.60. The van der Waals surface area contributed by atoms with Gasteiger partial charge < -0.3 is 20.9 Å². The lowest BCUT2D eigenvalue weighted by atomic mass is 10.2. The first-order valence-corrected chi connectivity index (χ1v) is 7.14. The molecule has 0 aliphatic carbocycles. The third kappa shape index (κ3) is 6.43. The molecular formula is C18H24N2O2. The van der Waals surface area contributed by atoms with Crippen molar-refractivity contribution in [1.29, 1.82) is 0 Å². The molecule has 3 rings (SSSR count). The molecule has 22 heavy (non-hydrogen) atoms. The average Bonchev–Trinajstić information content (AvgIpc) is 2.98. The molecule has 5 N–H and O–H groups in total. The normalized spacial score (nSPS) is 9.45. The summed E-state index contributed by atoms with van der Waals surface area (Å²) in [6, 6.07) is 16.3. The van der Waals surface area contributed by atoms with E-state index in [9.17, 15) is 0 Å². The van der Waals surface area contributed by atoms with E-state index < -0.39 is 0 Å². The maximum absolute atomic E-state index is 7.62. The van der Waals surface area contributed by atoms with Crippen LogP contribution in [0.2, 0.25) is 0 Å². The van der Waals surface area contributed by atoms with Crippen LogP contribution in [0.25, 0.3) is 10.9 Å². The van der Waals surface area contributed by atoms with Crippen LogP contribution in [-0.4, -0.2) is 28.4 Å². The molecule has 0 bridgehead atoms. The van der Waals surface area contributed by atoms with Gasteiger partial charge in [0.05, 0.1) is 13.2 Å². The van der Waals surface area contributed by atoms with Crippen molar-refractivity contribution in [2.45, 2.75) is 13.8 Å². The van der Waals surface area contributed by atoms with Crippen LogP contribution < -0.4 is 5.73 Å². The number of aliphatic hydroxyl groups excluding tert-OH is 2. The van der Waals surface area contributed by atoms with Gasteiger partial charge in [-0.25, -0.2) is 0 Å². The van der Waals surface area contributed by atoms with E-state index >= 15 is 0 Å². The van der Waals surface area contributed by atoms with Gasteiger partial charge in [-0.2, -0.15) is 0 Å². The number of aryl methyl sites for hydroxylation is 2. The molecule has 0 fully saturated rings. The highest BCUT2D eigenvalue weighted by molar-refractivity contribution is 5.79. The Hall–Kier alpha value is -2.30. The quantitative estimate of drug-likeness (QED) is 0.521. The average molecular weight is 300 g/mol. The number of H-pyrrole nitrogens is 1. The number of fused-ring (bicyclic) bond motifs is 1. The van der Waals surface area contributed by atoms with Crippen molar-refractivity contribution in [3.05, 3.63) is 65.9 Å². The van der Waals surface area contributed by atoms with Crippen molar-refractivity contribution in [2.24, 2.45) is 0 Å². The molecule has 3 aromatic rings. The number of nitrogen functional groups attached to an aromatic ring is 1. The van der Waals surface area contributed by atoms with Crippen LogP contribution in [0.1, 0.15) is 11.1 Å². The monoisotopic (exact) mass is 300 g/mol. The van der Waals surface area contributed by atoms with E-state index in [1.807, 2.05) is 37.4 Å². The molecule has 0 unspecified atom stereocenters. The number of rotatable bonds is 1. The number of aromatic nitrogens is 1. The fraction of sp³-hybridized carbons (Fsp3) is 0.222. The molecule has 118 valence electrons. The van der Waals surface area contributed by atoms with E-state index in [1.165, 1.54) is 22.0 Å². The van der Waals surface area contributed by atoms with Crippen molar-refractivity contribution >= 4 is 16.6 Å². The summed E-state index contributed by atoms with van der Waals surface area (Å²) in [6.45, 7) is 3.89. The summed E-state index contributed by atoms with van der Waals surface area (Å²) in [7, 11) is 0. The first-order chi connectivity index (χ1) is 10.6. The number of nitrogens with one attached hydrogen (secondary N) is 1. The number of hydrogen-bond acceptors (Lipinski definition) is 3.